The van der Waals surface area contributed by atoms with Crippen LogP contribution in [0.3, 0.4) is 0 Å². The molecule has 0 aromatic carbocycles. The lowest BCUT2D eigenvalue weighted by Gasteiger charge is -2.48. The Balaban J connectivity index is 2.57. The van der Waals surface area contributed by atoms with Crippen LogP contribution >= 0.6 is 0 Å². The van der Waals surface area contributed by atoms with Crippen LogP contribution in [0.4, 0.5) is 0 Å². The molecule has 1 aliphatic rings. The predicted molar refractivity (Wildman–Crippen MR) is 80.1 cm³/mol. The van der Waals surface area contributed by atoms with Gasteiger partial charge in [0.2, 0.25) is 0 Å². The molecule has 1 fully saturated rings. The van der Waals surface area contributed by atoms with Crippen molar-refractivity contribution in [2.24, 2.45) is 0 Å². The summed E-state index contributed by atoms with van der Waals surface area (Å²) in [5.74, 6) is 0. The van der Waals surface area contributed by atoms with Crippen LogP contribution in [0.1, 0.15) is 47.5 Å². The van der Waals surface area contributed by atoms with E-state index < -0.39 is 0 Å². The van der Waals surface area contributed by atoms with Crippen molar-refractivity contribution >= 4 is 0 Å². The fourth-order valence-electron chi connectivity index (χ4n) is 2.87. The lowest BCUT2D eigenvalue weighted by molar-refractivity contribution is 0.0116. The molecule has 2 atom stereocenters. The highest BCUT2D eigenvalue weighted by atomic mass is 15.3. The number of hydrogen-bond acceptors (Lipinski definition) is 3. The molecule has 18 heavy (non-hydrogen) atoms. The van der Waals surface area contributed by atoms with E-state index >= 15 is 0 Å². The molecule has 0 radical (unpaired) electrons. The topological polar surface area (TPSA) is 18.5 Å². The zero-order chi connectivity index (χ0) is 13.8. The van der Waals surface area contributed by atoms with Crippen LogP contribution in [-0.2, 0) is 0 Å². The van der Waals surface area contributed by atoms with Crippen LogP contribution in [0.2, 0.25) is 0 Å². The highest BCUT2D eigenvalue weighted by molar-refractivity contribution is 4.92. The monoisotopic (exact) mass is 255 g/mol. The van der Waals surface area contributed by atoms with E-state index in [0.29, 0.717) is 17.6 Å². The molecule has 0 aliphatic carbocycles. The molecular weight excluding hydrogens is 222 g/mol. The Kier molecular flexibility index (Phi) is 6.09. The van der Waals surface area contributed by atoms with E-state index in [9.17, 15) is 0 Å². The van der Waals surface area contributed by atoms with E-state index in [-0.39, 0.29) is 0 Å². The van der Waals surface area contributed by atoms with Crippen molar-refractivity contribution in [2.75, 3.05) is 33.2 Å². The molecule has 1 heterocycles. The predicted octanol–water partition coefficient (Wildman–Crippen LogP) is 2.18. The van der Waals surface area contributed by atoms with Crippen LogP contribution in [0.15, 0.2) is 0 Å². The first-order chi connectivity index (χ1) is 8.42. The smallest absolute Gasteiger partial charge is 0.0277 e. The highest BCUT2D eigenvalue weighted by Gasteiger charge is 2.34. The van der Waals surface area contributed by atoms with Gasteiger partial charge in [0.05, 0.1) is 0 Å². The Morgan fingerprint density at radius 3 is 2.39 bits per heavy atom. The minimum Gasteiger partial charge on any atom is -0.312 e. The molecule has 0 aromatic rings. The Labute approximate surface area is 114 Å². The van der Waals surface area contributed by atoms with Crippen LogP contribution in [-0.4, -0.2) is 60.6 Å². The van der Waals surface area contributed by atoms with Gasteiger partial charge in [-0.1, -0.05) is 13.8 Å². The first kappa shape index (κ1) is 15.9. The van der Waals surface area contributed by atoms with Gasteiger partial charge in [-0.15, -0.1) is 0 Å². The lowest BCUT2D eigenvalue weighted by Crippen LogP contribution is -2.62. The largest absolute Gasteiger partial charge is 0.312 e. The van der Waals surface area contributed by atoms with Gasteiger partial charge in [-0.25, -0.2) is 0 Å². The third-order valence-electron chi connectivity index (χ3n) is 4.60. The Hall–Kier alpha value is -0.120. The van der Waals surface area contributed by atoms with Crippen molar-refractivity contribution in [1.82, 2.24) is 15.1 Å². The maximum atomic E-state index is 3.70. The fourth-order valence-corrected chi connectivity index (χ4v) is 2.87. The van der Waals surface area contributed by atoms with Crippen LogP contribution in [0, 0.1) is 0 Å². The molecule has 1 saturated heterocycles. The van der Waals surface area contributed by atoms with E-state index in [1.54, 1.807) is 0 Å². The lowest BCUT2D eigenvalue weighted by atomic mass is 9.96. The summed E-state index contributed by atoms with van der Waals surface area (Å²) in [6.45, 7) is 16.3. The van der Waals surface area contributed by atoms with Crippen molar-refractivity contribution in [1.29, 1.82) is 0 Å². The minimum atomic E-state index is 0.301. The Morgan fingerprint density at radius 2 is 1.89 bits per heavy atom. The number of hydrogen-bond donors (Lipinski definition) is 1. The maximum absolute atomic E-state index is 3.70. The van der Waals surface area contributed by atoms with Gasteiger partial charge in [-0.3, -0.25) is 9.80 Å². The van der Waals surface area contributed by atoms with Crippen LogP contribution < -0.4 is 5.32 Å². The molecule has 0 amide bonds. The van der Waals surface area contributed by atoms with Crippen LogP contribution in [0.25, 0.3) is 0 Å². The van der Waals surface area contributed by atoms with Crippen molar-refractivity contribution in [3.8, 4) is 0 Å². The van der Waals surface area contributed by atoms with E-state index in [1.807, 2.05) is 0 Å². The summed E-state index contributed by atoms with van der Waals surface area (Å²) < 4.78 is 0. The average Bonchev–Trinajstić information content (AvgIpc) is 2.33. The van der Waals surface area contributed by atoms with Crippen molar-refractivity contribution < 1.29 is 0 Å². The summed E-state index contributed by atoms with van der Waals surface area (Å²) >= 11 is 0. The quantitative estimate of drug-likeness (QED) is 0.785. The molecule has 0 spiro atoms. The van der Waals surface area contributed by atoms with Gasteiger partial charge in [0.25, 0.3) is 0 Å². The Morgan fingerprint density at radius 1 is 1.22 bits per heavy atom. The zero-order valence-corrected chi connectivity index (χ0v) is 13.3. The van der Waals surface area contributed by atoms with Gasteiger partial charge >= 0.3 is 0 Å². The van der Waals surface area contributed by atoms with Gasteiger partial charge in [-0.2, -0.15) is 0 Å². The molecule has 3 nitrogen and oxygen atoms in total. The average molecular weight is 255 g/mol. The molecule has 108 valence electrons. The maximum Gasteiger partial charge on any atom is 0.0277 e. The molecular formula is C15H33N3. The second kappa shape index (κ2) is 6.88. The molecule has 3 heteroatoms. The van der Waals surface area contributed by atoms with Crippen LogP contribution in [0.5, 0.6) is 0 Å². The van der Waals surface area contributed by atoms with Gasteiger partial charge in [0, 0.05) is 37.3 Å². The number of rotatable bonds is 6. The van der Waals surface area contributed by atoms with Gasteiger partial charge in [0.15, 0.2) is 0 Å². The second-order valence-corrected chi connectivity index (χ2v) is 6.41. The summed E-state index contributed by atoms with van der Waals surface area (Å²) in [7, 11) is 2.24. The molecule has 0 saturated carbocycles. The Bertz CT molecular complexity index is 240. The summed E-state index contributed by atoms with van der Waals surface area (Å²) in [5, 5.41) is 3.70. The van der Waals surface area contributed by atoms with Crippen molar-refractivity contribution in [3.63, 3.8) is 0 Å². The van der Waals surface area contributed by atoms with Crippen molar-refractivity contribution in [2.45, 2.75) is 65.1 Å². The van der Waals surface area contributed by atoms with Gasteiger partial charge in [0.1, 0.15) is 0 Å². The summed E-state index contributed by atoms with van der Waals surface area (Å²) in [5.41, 5.74) is 0.301. The van der Waals surface area contributed by atoms with Crippen molar-refractivity contribution in [3.05, 3.63) is 0 Å². The number of nitrogens with zero attached hydrogens (tertiary/aromatic N) is 2. The normalized spacial score (nSPS) is 25.0. The number of nitrogens with one attached hydrogen (secondary N) is 1. The summed E-state index contributed by atoms with van der Waals surface area (Å²) in [6.07, 6.45) is 2.44. The molecule has 0 aromatic heterocycles. The molecule has 0 bridgehead atoms. The molecule has 1 rings (SSSR count). The highest BCUT2D eigenvalue weighted by Crippen LogP contribution is 2.22. The summed E-state index contributed by atoms with van der Waals surface area (Å²) in [6, 6.07) is 1.26. The third kappa shape index (κ3) is 3.94. The molecule has 1 aliphatic heterocycles. The first-order valence-corrected chi connectivity index (χ1v) is 7.61. The molecule has 1 N–H and O–H groups in total. The number of piperazine rings is 1. The van der Waals surface area contributed by atoms with Gasteiger partial charge in [-0.05, 0) is 47.2 Å². The third-order valence-corrected chi connectivity index (χ3v) is 4.60. The standard InChI is InChI=1S/C15H33N3/c1-7-9-16-14(8-2)13(3)18-11-10-17(6)15(4,5)12-18/h13-14,16H,7-12H2,1-6H3. The SMILES string of the molecule is CCCNC(CC)C(C)N1CCN(C)C(C)(C)C1. The fraction of sp³-hybridized carbons (Fsp3) is 1.00. The first-order valence-electron chi connectivity index (χ1n) is 7.61. The second-order valence-electron chi connectivity index (χ2n) is 6.41. The van der Waals surface area contributed by atoms with E-state index in [4.69, 9.17) is 0 Å². The number of likely N-dealkylation sites (N-methyl/N-ethyl adjacent to an activating group) is 1. The van der Waals surface area contributed by atoms with E-state index in [2.05, 4.69) is 56.8 Å². The van der Waals surface area contributed by atoms with E-state index in [1.165, 1.54) is 32.5 Å². The molecule has 2 unspecified atom stereocenters. The van der Waals surface area contributed by atoms with Gasteiger partial charge < -0.3 is 5.32 Å². The minimum absolute atomic E-state index is 0.301. The van der Waals surface area contributed by atoms with E-state index in [0.717, 1.165) is 6.54 Å². The summed E-state index contributed by atoms with van der Waals surface area (Å²) in [4.78, 5) is 5.15. The zero-order valence-electron chi connectivity index (χ0n) is 13.3.